The Morgan fingerprint density at radius 3 is 2.31 bits per heavy atom. The van der Waals surface area contributed by atoms with Crippen molar-refractivity contribution in [3.05, 3.63) is 153 Å². The molecular formula is C70H88BrN3O14S2. The molecule has 1 unspecified atom stereocenters. The number of carbonyl (C=O) groups is 4. The second-order valence-electron chi connectivity index (χ2n) is 25.8. The molecule has 2 bridgehead atoms. The number of aromatic hydroxyl groups is 1. The topological polar surface area (TPSA) is 240 Å². The van der Waals surface area contributed by atoms with Gasteiger partial charge in [-0.1, -0.05) is 87.4 Å². The van der Waals surface area contributed by atoms with Gasteiger partial charge in [-0.2, -0.15) is 0 Å². The number of nitrogens with one attached hydrogen (secondary N) is 2. The summed E-state index contributed by atoms with van der Waals surface area (Å²) in [4.78, 5) is 50.4. The Bertz CT molecular complexity index is 3230. The summed E-state index contributed by atoms with van der Waals surface area (Å²) < 4.78 is 30.8. The molecule has 0 radical (unpaired) electrons. The fraction of sp³-hybridized carbons (Fsp3) is 0.514. The van der Waals surface area contributed by atoms with Gasteiger partial charge in [0.05, 0.1) is 67.1 Å². The number of thiophene rings is 2. The minimum atomic E-state index is -1.73. The Kier molecular flexibility index (Phi) is 22.6. The number of allylic oxidation sites excluding steroid dienone is 4. The van der Waals surface area contributed by atoms with Crippen LogP contribution in [0.25, 0.3) is 0 Å². The molecule has 12 atom stereocenters. The summed E-state index contributed by atoms with van der Waals surface area (Å²) in [6.45, 7) is 12.9. The van der Waals surface area contributed by atoms with Crippen LogP contribution in [0.4, 0.5) is 5.69 Å². The van der Waals surface area contributed by atoms with Gasteiger partial charge in [0.2, 0.25) is 12.0 Å². The summed E-state index contributed by atoms with van der Waals surface area (Å²) in [5, 5.41) is 62.4. The number of Topliss-reactive ketones (excluding diaryl/α,β-unsaturated/α-hetero) is 1. The first-order valence-corrected chi connectivity index (χ1v) is 33.3. The van der Waals surface area contributed by atoms with Gasteiger partial charge in [-0.15, -0.1) is 22.7 Å². The molecule has 2 aromatic heterocycles. The lowest BCUT2D eigenvalue weighted by Gasteiger charge is -2.59. The highest BCUT2D eigenvalue weighted by Crippen LogP contribution is 2.70. The monoisotopic (exact) mass is 1340 g/mol. The van der Waals surface area contributed by atoms with Crippen molar-refractivity contribution < 1.29 is 89.9 Å². The van der Waals surface area contributed by atoms with E-state index in [0.29, 0.717) is 60.1 Å². The van der Waals surface area contributed by atoms with Gasteiger partial charge >= 0.3 is 5.97 Å². The van der Waals surface area contributed by atoms with Crippen molar-refractivity contribution in [3.63, 3.8) is 0 Å². The largest absolute Gasteiger partial charge is 1.00 e. The summed E-state index contributed by atoms with van der Waals surface area (Å²) in [5.41, 5.74) is -0.710. The molecular weight excluding hydrogens is 1250 g/mol. The van der Waals surface area contributed by atoms with Gasteiger partial charge in [0, 0.05) is 54.5 Å². The molecule has 7 N–H and O–H groups in total. The van der Waals surface area contributed by atoms with Gasteiger partial charge in [0.1, 0.15) is 30.4 Å². The van der Waals surface area contributed by atoms with E-state index in [2.05, 4.69) is 31.4 Å². The lowest BCUT2D eigenvalue weighted by Crippen LogP contribution is -3.00. The standard InChI is InChI=1S/C26H30NO4S2.C25H34O6.C19H24N2O4.BrH/c28-25(26(29,23-9-4-17-32-23)24-10-5-18-33-24)31-22-19-27(14-11-20(22)12-15-27)13-6-16-30-21-7-2-1-3-8-21;1-4-5-21-30-20-11-17-16-7-6-14-10-15(27)8-9-23(14,2)22(16)18(28)12-24(17,3)25(20,31-21)19(29)13-26;1-13(9-14-3-6-16(25-2)7-4-14)20-11-19(24)15-5-8-18(23)17(10-15)21-12-22;/h1-5,7-10,17-18,20,22,29H,6,11-16,19H2;8-10,16-18,20-22,26,28H,4-7,11-13H2,1-3H3;3-8,10,12-13,19-20,23-24H,9,11H2,1-2H3,(H,21,22);1H/q+1;;;/p-1/t20?,22-,27?;16-,17-,18-,20+,21?,22+,23-,24-,25+;13-,19+;/m001./s1. The number of aliphatic hydroxyl groups excluding tert-OH is 3. The lowest BCUT2D eigenvalue weighted by atomic mass is 9.46. The molecule has 0 spiro atoms. The molecule has 4 aliphatic heterocycles. The SMILES string of the molecule is CCCC1O[C@@H]2C[C@H]3[C@@H]4CCC5=CC(=O)C=C[C@]5(C)[C@H]4[C@@H](O)C[C@]3(C)[C@]2(C(=O)CO)O1.COc1ccc(C[C@@H](C)NC[C@H](O)c2ccc(O)c(NC=O)c2)cc1.O=C(O[C@H]1C[N+]2(CCCOc3ccccc3)CCC1CC2)C(O)(c1cccs1)c1cccs1.[Br-]. The number of nitrogens with zero attached hydrogens (tertiary/aromatic N) is 1. The van der Waals surface area contributed by atoms with E-state index in [0.717, 1.165) is 92.7 Å². The number of ketones is 2. The average molecular weight is 1340 g/mol. The maximum atomic E-state index is 13.4. The van der Waals surface area contributed by atoms with E-state index in [1.165, 1.54) is 34.3 Å². The van der Waals surface area contributed by atoms with Crippen LogP contribution in [0.2, 0.25) is 0 Å². The van der Waals surface area contributed by atoms with Crippen molar-refractivity contribution in [2.75, 3.05) is 58.4 Å². The van der Waals surface area contributed by atoms with Crippen LogP contribution in [-0.2, 0) is 45.4 Å². The second-order valence-corrected chi connectivity index (χ2v) is 27.7. The van der Waals surface area contributed by atoms with Crippen molar-refractivity contribution in [1.29, 1.82) is 0 Å². The van der Waals surface area contributed by atoms with E-state index < -0.39 is 53.8 Å². The maximum absolute atomic E-state index is 13.4. The molecule has 4 saturated heterocycles. The number of fused-ring (bicyclic) bond motifs is 10. The molecule has 3 saturated carbocycles. The van der Waals surface area contributed by atoms with Crippen LogP contribution in [-0.4, -0.2) is 143 Å². The molecule has 7 fully saturated rings. The molecule has 17 nitrogen and oxygen atoms in total. The number of esters is 1. The molecule has 90 heavy (non-hydrogen) atoms. The van der Waals surface area contributed by atoms with Crippen LogP contribution in [0.1, 0.15) is 112 Å². The number of methoxy groups -OCH3 is 1. The Balaban J connectivity index is 0.000000161. The van der Waals surface area contributed by atoms with Crippen molar-refractivity contribution >= 4 is 52.3 Å². The van der Waals surface area contributed by atoms with Crippen LogP contribution >= 0.6 is 22.7 Å². The number of ether oxygens (including phenoxy) is 5. The van der Waals surface area contributed by atoms with Gasteiger partial charge in [-0.05, 0) is 140 Å². The third kappa shape index (κ3) is 14.0. The van der Waals surface area contributed by atoms with Gasteiger partial charge in [0.15, 0.2) is 29.6 Å². The second kappa shape index (κ2) is 29.6. The van der Waals surface area contributed by atoms with Crippen LogP contribution < -0.4 is 37.1 Å². The molecule has 6 heterocycles. The number of rotatable bonds is 22. The molecule has 5 aromatic rings. The number of anilines is 1. The number of hydrogen-bond acceptors (Lipinski definition) is 17. The predicted octanol–water partition coefficient (Wildman–Crippen LogP) is 6.61. The van der Waals surface area contributed by atoms with Crippen LogP contribution in [0, 0.1) is 34.5 Å². The Labute approximate surface area is 546 Å². The van der Waals surface area contributed by atoms with E-state index in [1.54, 1.807) is 31.4 Å². The molecule has 486 valence electrons. The first-order chi connectivity index (χ1) is 42.8. The number of phenols is 1. The fourth-order valence-corrected chi connectivity index (χ4v) is 17.7. The van der Waals surface area contributed by atoms with Crippen molar-refractivity contribution in [2.24, 2.45) is 34.5 Å². The van der Waals surface area contributed by atoms with Gasteiger partial charge < -0.3 is 81.3 Å². The summed E-state index contributed by atoms with van der Waals surface area (Å²) >= 11 is 2.77. The summed E-state index contributed by atoms with van der Waals surface area (Å²) in [7, 11) is 1.64. The van der Waals surface area contributed by atoms with E-state index >= 15 is 0 Å². The third-order valence-electron chi connectivity index (χ3n) is 20.5. The molecule has 1 amide bonds. The summed E-state index contributed by atoms with van der Waals surface area (Å²) in [6.07, 6.45) is 11.8. The number of hydrogen-bond donors (Lipinski definition) is 7. The molecule has 8 aliphatic rings. The van der Waals surface area contributed by atoms with Gasteiger partial charge in [0.25, 0.3) is 0 Å². The van der Waals surface area contributed by atoms with E-state index in [4.69, 9.17) is 23.7 Å². The van der Waals surface area contributed by atoms with E-state index in [9.17, 15) is 44.7 Å². The maximum Gasteiger partial charge on any atom is 0.349 e. The Hall–Kier alpha value is -5.62. The highest BCUT2D eigenvalue weighted by Gasteiger charge is 2.75. The molecule has 3 aromatic carbocycles. The van der Waals surface area contributed by atoms with Gasteiger partial charge in [-0.25, -0.2) is 4.79 Å². The minimum absolute atomic E-state index is 0. The molecule has 13 rings (SSSR count). The zero-order valence-corrected chi connectivity index (χ0v) is 55.3. The minimum Gasteiger partial charge on any atom is -1.00 e. The fourth-order valence-electron chi connectivity index (χ4n) is 16.0. The quantitative estimate of drug-likeness (QED) is 0.0127. The molecule has 20 heteroatoms. The summed E-state index contributed by atoms with van der Waals surface area (Å²) in [5.74, 6) is 1.56. The number of piperidine rings is 3. The van der Waals surface area contributed by atoms with Crippen molar-refractivity contribution in [1.82, 2.24) is 5.32 Å². The molecule has 4 aliphatic carbocycles. The highest BCUT2D eigenvalue weighted by molar-refractivity contribution is 7.12. The van der Waals surface area contributed by atoms with E-state index in [-0.39, 0.29) is 75.3 Å². The zero-order valence-electron chi connectivity index (χ0n) is 52.0. The predicted molar refractivity (Wildman–Crippen MR) is 340 cm³/mol. The van der Waals surface area contributed by atoms with E-state index in [1.807, 2.05) is 103 Å². The van der Waals surface area contributed by atoms with Crippen LogP contribution in [0.5, 0.6) is 17.2 Å². The first-order valence-electron chi connectivity index (χ1n) is 31.5. The average Bonchev–Trinajstić information content (AvgIpc) is 1.48. The first kappa shape index (κ1) is 68.7. The summed E-state index contributed by atoms with van der Waals surface area (Å²) in [6, 6.07) is 30.0. The Morgan fingerprint density at radius 2 is 1.67 bits per heavy atom. The van der Waals surface area contributed by atoms with Crippen LogP contribution in [0.3, 0.4) is 0 Å². The normalized spacial score (nSPS) is 30.0. The number of para-hydroxylation sites is 1. The number of halogens is 1. The van der Waals surface area contributed by atoms with Crippen molar-refractivity contribution in [3.8, 4) is 17.2 Å². The zero-order chi connectivity index (χ0) is 63.1. The lowest BCUT2D eigenvalue weighted by molar-refractivity contribution is -0.946. The number of phenolic OH excluding ortho intramolecular Hbond substituents is 1. The number of carbonyl (C=O) groups excluding carboxylic acids is 4. The number of benzene rings is 3. The van der Waals surface area contributed by atoms with Crippen LogP contribution in [0.15, 0.2) is 132 Å². The van der Waals surface area contributed by atoms with Gasteiger partial charge in [-0.3, -0.25) is 14.4 Å². The highest BCUT2D eigenvalue weighted by atomic mass is 79.9. The Morgan fingerprint density at radius 1 is 0.956 bits per heavy atom. The smallest absolute Gasteiger partial charge is 0.349 e. The number of amides is 1. The number of quaternary nitrogens is 1. The number of aliphatic hydroxyl groups is 4. The third-order valence-corrected chi connectivity index (χ3v) is 22.4. The van der Waals surface area contributed by atoms with Crippen molar-refractivity contribution in [2.45, 2.75) is 140 Å².